The molecule has 1 N–H and O–H groups in total. The molecule has 2 aromatic carbocycles. The highest BCUT2D eigenvalue weighted by Crippen LogP contribution is 2.33. The Labute approximate surface area is 178 Å². The molecule has 160 valence electrons. The first-order chi connectivity index (χ1) is 14.4. The van der Waals surface area contributed by atoms with Crippen LogP contribution in [0.3, 0.4) is 0 Å². The Kier molecular flexibility index (Phi) is 6.22. The van der Waals surface area contributed by atoms with E-state index in [-0.39, 0.29) is 23.4 Å². The second-order valence-electron chi connectivity index (χ2n) is 8.21. The minimum atomic E-state index is -3.50. The van der Waals surface area contributed by atoms with E-state index < -0.39 is 10.0 Å². The van der Waals surface area contributed by atoms with Crippen LogP contribution in [0.25, 0.3) is 0 Å². The van der Waals surface area contributed by atoms with Gasteiger partial charge in [0.2, 0.25) is 15.9 Å². The number of hydrogen-bond donors (Lipinski definition) is 1. The summed E-state index contributed by atoms with van der Waals surface area (Å²) < 4.78 is 27.1. The van der Waals surface area contributed by atoms with Gasteiger partial charge in [0.1, 0.15) is 0 Å². The Morgan fingerprint density at radius 2 is 1.87 bits per heavy atom. The molecule has 0 aromatic heterocycles. The molecule has 1 amide bonds. The predicted octanol–water partition coefficient (Wildman–Crippen LogP) is 3.42. The van der Waals surface area contributed by atoms with E-state index >= 15 is 0 Å². The number of hydrogen-bond acceptors (Lipinski definition) is 4. The van der Waals surface area contributed by atoms with Crippen LogP contribution in [-0.4, -0.2) is 50.2 Å². The van der Waals surface area contributed by atoms with Crippen molar-refractivity contribution in [2.45, 2.75) is 43.0 Å². The molecule has 0 spiro atoms. The minimum Gasteiger partial charge on any atom is -0.325 e. The summed E-state index contributed by atoms with van der Waals surface area (Å²) in [7, 11) is -1.53. The fourth-order valence-electron chi connectivity index (χ4n) is 4.54. The maximum absolute atomic E-state index is 12.8. The lowest BCUT2D eigenvalue weighted by Gasteiger charge is -2.32. The lowest BCUT2D eigenvalue weighted by atomic mass is 9.87. The molecule has 1 heterocycles. The summed E-state index contributed by atoms with van der Waals surface area (Å²) in [5, 5.41) is 2.88. The summed E-state index contributed by atoms with van der Waals surface area (Å²) in [4.78, 5) is 15.0. The SMILES string of the molecule is CN(CC(=O)Nc1cccc(S(=O)(=O)N2CCCC2)c1)[C@H]1CCCc2ccccc21. The number of nitrogens with one attached hydrogen (secondary N) is 1. The van der Waals surface area contributed by atoms with Crippen molar-refractivity contribution in [3.63, 3.8) is 0 Å². The molecule has 1 atom stereocenters. The molecule has 0 saturated carbocycles. The summed E-state index contributed by atoms with van der Waals surface area (Å²) in [6.07, 6.45) is 5.03. The van der Waals surface area contributed by atoms with E-state index in [1.165, 1.54) is 15.4 Å². The molecule has 2 aromatic rings. The molecule has 4 rings (SSSR count). The predicted molar refractivity (Wildman–Crippen MR) is 118 cm³/mol. The van der Waals surface area contributed by atoms with Gasteiger partial charge < -0.3 is 5.32 Å². The van der Waals surface area contributed by atoms with Crippen LogP contribution in [0, 0.1) is 0 Å². The summed E-state index contributed by atoms with van der Waals surface area (Å²) >= 11 is 0. The maximum atomic E-state index is 12.8. The van der Waals surface area contributed by atoms with Crippen molar-refractivity contribution in [2.75, 3.05) is 32.0 Å². The summed E-state index contributed by atoms with van der Waals surface area (Å²) in [5.41, 5.74) is 3.18. The second kappa shape index (κ2) is 8.88. The Morgan fingerprint density at radius 3 is 2.67 bits per heavy atom. The van der Waals surface area contributed by atoms with Crippen molar-refractivity contribution in [1.29, 1.82) is 0 Å². The van der Waals surface area contributed by atoms with Gasteiger partial charge in [0, 0.05) is 24.8 Å². The van der Waals surface area contributed by atoms with Crippen molar-refractivity contribution in [1.82, 2.24) is 9.21 Å². The van der Waals surface area contributed by atoms with Gasteiger partial charge in [-0.05, 0) is 68.5 Å². The Morgan fingerprint density at radius 1 is 1.10 bits per heavy atom. The molecule has 1 saturated heterocycles. The average molecular weight is 428 g/mol. The van der Waals surface area contributed by atoms with Crippen molar-refractivity contribution < 1.29 is 13.2 Å². The van der Waals surface area contributed by atoms with Gasteiger partial charge in [-0.25, -0.2) is 8.42 Å². The van der Waals surface area contributed by atoms with Crippen LogP contribution < -0.4 is 5.32 Å². The highest BCUT2D eigenvalue weighted by molar-refractivity contribution is 7.89. The first-order valence-electron chi connectivity index (χ1n) is 10.6. The van der Waals surface area contributed by atoms with Gasteiger partial charge in [0.05, 0.1) is 11.4 Å². The van der Waals surface area contributed by atoms with Crippen LogP contribution >= 0.6 is 0 Å². The molecule has 0 radical (unpaired) electrons. The number of carbonyl (C=O) groups excluding carboxylic acids is 1. The number of nitrogens with zero attached hydrogens (tertiary/aromatic N) is 2. The van der Waals surface area contributed by atoms with Gasteiger partial charge in [-0.2, -0.15) is 4.31 Å². The quantitative estimate of drug-likeness (QED) is 0.767. The number of fused-ring (bicyclic) bond motifs is 1. The fourth-order valence-corrected chi connectivity index (χ4v) is 6.10. The third kappa shape index (κ3) is 4.43. The first kappa shape index (κ1) is 21.0. The van der Waals surface area contributed by atoms with E-state index in [0.717, 1.165) is 32.1 Å². The topological polar surface area (TPSA) is 69.7 Å². The molecule has 1 fully saturated rings. The minimum absolute atomic E-state index is 0.142. The second-order valence-corrected chi connectivity index (χ2v) is 10.1. The molecule has 1 aliphatic carbocycles. The molecule has 7 heteroatoms. The van der Waals surface area contributed by atoms with Gasteiger partial charge in [-0.15, -0.1) is 0 Å². The third-order valence-electron chi connectivity index (χ3n) is 6.08. The van der Waals surface area contributed by atoms with Crippen molar-refractivity contribution in [3.05, 3.63) is 59.7 Å². The number of rotatable bonds is 6. The van der Waals surface area contributed by atoms with Crippen molar-refractivity contribution in [3.8, 4) is 0 Å². The zero-order valence-electron chi connectivity index (χ0n) is 17.4. The third-order valence-corrected chi connectivity index (χ3v) is 7.98. The number of aryl methyl sites for hydroxylation is 1. The first-order valence-corrected chi connectivity index (χ1v) is 12.1. The van der Waals surface area contributed by atoms with Crippen molar-refractivity contribution >= 4 is 21.6 Å². The number of amides is 1. The molecular formula is C23H29N3O3S. The van der Waals surface area contributed by atoms with E-state index in [2.05, 4.69) is 34.5 Å². The smallest absolute Gasteiger partial charge is 0.243 e. The van der Waals surface area contributed by atoms with E-state index in [9.17, 15) is 13.2 Å². The van der Waals surface area contributed by atoms with Gasteiger partial charge in [0.25, 0.3) is 0 Å². The van der Waals surface area contributed by atoms with Crippen LogP contribution in [-0.2, 0) is 21.2 Å². The summed E-state index contributed by atoms with van der Waals surface area (Å²) in [6, 6.07) is 15.2. The van der Waals surface area contributed by atoms with Crippen LogP contribution in [0.2, 0.25) is 0 Å². The number of anilines is 1. The summed E-state index contributed by atoms with van der Waals surface area (Å²) in [6.45, 7) is 1.38. The van der Waals surface area contributed by atoms with Gasteiger partial charge >= 0.3 is 0 Å². The average Bonchev–Trinajstić information content (AvgIpc) is 3.29. The van der Waals surface area contributed by atoms with Crippen LogP contribution in [0.5, 0.6) is 0 Å². The maximum Gasteiger partial charge on any atom is 0.243 e. The molecule has 0 bridgehead atoms. The molecule has 2 aliphatic rings. The van der Waals surface area contributed by atoms with E-state index in [4.69, 9.17) is 0 Å². The van der Waals surface area contributed by atoms with Crippen LogP contribution in [0.4, 0.5) is 5.69 Å². The van der Waals surface area contributed by atoms with Gasteiger partial charge in [-0.3, -0.25) is 9.69 Å². The van der Waals surface area contributed by atoms with E-state index in [0.29, 0.717) is 18.8 Å². The van der Waals surface area contributed by atoms with E-state index in [1.807, 2.05) is 7.05 Å². The number of carbonyl (C=O) groups is 1. The molecule has 0 unspecified atom stereocenters. The van der Waals surface area contributed by atoms with Gasteiger partial charge in [0.15, 0.2) is 0 Å². The monoisotopic (exact) mass is 427 g/mol. The Balaban J connectivity index is 1.42. The zero-order valence-corrected chi connectivity index (χ0v) is 18.2. The Bertz CT molecular complexity index is 1020. The zero-order chi connectivity index (χ0) is 21.1. The number of sulfonamides is 1. The molecule has 30 heavy (non-hydrogen) atoms. The molecular weight excluding hydrogens is 398 g/mol. The van der Waals surface area contributed by atoms with Gasteiger partial charge in [-0.1, -0.05) is 30.3 Å². The lowest BCUT2D eigenvalue weighted by molar-refractivity contribution is -0.117. The summed E-state index contributed by atoms with van der Waals surface area (Å²) in [5.74, 6) is -0.142. The largest absolute Gasteiger partial charge is 0.325 e. The standard InChI is InChI=1S/C23H29N3O3S/c1-25(22-13-6-9-18-8-2-3-12-21(18)22)17-23(27)24-19-10-7-11-20(16-19)30(28,29)26-14-4-5-15-26/h2-3,7-8,10-12,16,22H,4-6,9,13-15,17H2,1H3,(H,24,27)/t22-/m0/s1. The lowest BCUT2D eigenvalue weighted by Crippen LogP contribution is -2.35. The number of benzene rings is 2. The van der Waals surface area contributed by atoms with Crippen LogP contribution in [0.1, 0.15) is 42.9 Å². The normalized spacial score (nSPS) is 19.6. The Hall–Kier alpha value is -2.22. The molecule has 6 nitrogen and oxygen atoms in total. The highest BCUT2D eigenvalue weighted by Gasteiger charge is 2.28. The molecule has 1 aliphatic heterocycles. The highest BCUT2D eigenvalue weighted by atomic mass is 32.2. The van der Waals surface area contributed by atoms with E-state index in [1.54, 1.807) is 24.3 Å². The van der Waals surface area contributed by atoms with Crippen molar-refractivity contribution in [2.24, 2.45) is 0 Å². The number of likely N-dealkylation sites (N-methyl/N-ethyl adjacent to an activating group) is 1. The van der Waals surface area contributed by atoms with Crippen LogP contribution in [0.15, 0.2) is 53.4 Å². The fraction of sp³-hybridized carbons (Fsp3) is 0.435.